The van der Waals surface area contributed by atoms with Gasteiger partial charge in [-0.25, -0.2) is 0 Å². The largest absolute Gasteiger partial charge is 0.370 e. The van der Waals surface area contributed by atoms with Gasteiger partial charge < -0.3 is 10.1 Å². The van der Waals surface area contributed by atoms with Crippen LogP contribution in [0.1, 0.15) is 35.2 Å². The lowest BCUT2D eigenvalue weighted by Gasteiger charge is -2.18. The lowest BCUT2D eigenvalue weighted by molar-refractivity contribution is 0.0950. The summed E-state index contributed by atoms with van der Waals surface area (Å²) in [6.07, 6.45) is 2.82. The van der Waals surface area contributed by atoms with Crippen LogP contribution >= 0.6 is 0 Å². The summed E-state index contributed by atoms with van der Waals surface area (Å²) in [6.45, 7) is 5.67. The normalized spacial score (nSPS) is 23.1. The summed E-state index contributed by atoms with van der Waals surface area (Å²) in [5, 5.41) is 17.8. The number of hydrogen-bond donors (Lipinski definition) is 3. The molecule has 0 aliphatic carbocycles. The van der Waals surface area contributed by atoms with E-state index in [1.54, 1.807) is 6.20 Å². The Morgan fingerprint density at radius 2 is 2.32 bits per heavy atom. The molecule has 6 nitrogen and oxygen atoms in total. The molecule has 0 unspecified atom stereocenters. The van der Waals surface area contributed by atoms with E-state index < -0.39 is 0 Å². The van der Waals surface area contributed by atoms with E-state index in [4.69, 9.17) is 4.74 Å². The molecule has 2 aromatic heterocycles. The Morgan fingerprint density at radius 3 is 3.00 bits per heavy atom. The highest BCUT2D eigenvalue weighted by Gasteiger charge is 2.30. The van der Waals surface area contributed by atoms with E-state index >= 15 is 0 Å². The van der Waals surface area contributed by atoms with Crippen LogP contribution in [-0.2, 0) is 11.3 Å². The molecule has 1 aliphatic heterocycles. The molecule has 0 saturated carbocycles. The molecule has 2 atom stereocenters. The van der Waals surface area contributed by atoms with Crippen LogP contribution in [0.3, 0.4) is 0 Å². The van der Waals surface area contributed by atoms with Gasteiger partial charge in [-0.1, -0.05) is 0 Å². The van der Waals surface area contributed by atoms with Gasteiger partial charge in [0, 0.05) is 31.1 Å². The molecule has 0 radical (unpaired) electrons. The van der Waals surface area contributed by atoms with Crippen molar-refractivity contribution in [1.29, 1.82) is 0 Å². The fraction of sp³-hybridized carbons (Fsp3) is 0.538. The van der Waals surface area contributed by atoms with Crippen molar-refractivity contribution >= 4 is 0 Å². The van der Waals surface area contributed by atoms with Gasteiger partial charge in [0.25, 0.3) is 0 Å². The second-order valence-electron chi connectivity index (χ2n) is 5.00. The summed E-state index contributed by atoms with van der Waals surface area (Å²) in [6, 6.07) is 2.27. The topological polar surface area (TPSA) is 78.6 Å². The SMILES string of the molecule is Cc1[nH]nc(CN[C@@H]2CCO[C@H]2c2ccn[nH]2)c1C. The summed E-state index contributed by atoms with van der Waals surface area (Å²) < 4.78 is 5.77. The molecular weight excluding hydrogens is 242 g/mol. The molecule has 3 rings (SSSR count). The van der Waals surface area contributed by atoms with Crippen molar-refractivity contribution < 1.29 is 4.74 Å². The van der Waals surface area contributed by atoms with E-state index in [0.717, 1.165) is 36.7 Å². The predicted octanol–water partition coefficient (Wildman–Crippen LogP) is 1.37. The highest BCUT2D eigenvalue weighted by molar-refractivity contribution is 5.22. The molecule has 2 aromatic rings. The van der Waals surface area contributed by atoms with E-state index in [0.29, 0.717) is 6.04 Å². The third-order valence-electron chi connectivity index (χ3n) is 3.81. The molecule has 0 aromatic carbocycles. The second-order valence-corrected chi connectivity index (χ2v) is 5.00. The van der Waals surface area contributed by atoms with Crippen LogP contribution in [-0.4, -0.2) is 33.0 Å². The zero-order chi connectivity index (χ0) is 13.2. The Kier molecular flexibility index (Phi) is 3.35. The number of ether oxygens (including phenoxy) is 1. The lowest BCUT2D eigenvalue weighted by atomic mass is 10.1. The number of nitrogens with one attached hydrogen (secondary N) is 3. The van der Waals surface area contributed by atoms with Crippen LogP contribution in [0, 0.1) is 13.8 Å². The average Bonchev–Trinajstić information content (AvgIpc) is 3.11. The van der Waals surface area contributed by atoms with E-state index in [-0.39, 0.29) is 6.10 Å². The quantitative estimate of drug-likeness (QED) is 0.776. The number of aryl methyl sites for hydroxylation is 1. The summed E-state index contributed by atoms with van der Waals surface area (Å²) in [7, 11) is 0. The fourth-order valence-electron chi connectivity index (χ4n) is 2.47. The van der Waals surface area contributed by atoms with Crippen molar-refractivity contribution in [1.82, 2.24) is 25.7 Å². The maximum atomic E-state index is 5.77. The van der Waals surface area contributed by atoms with Gasteiger partial charge in [0.15, 0.2) is 0 Å². The third-order valence-corrected chi connectivity index (χ3v) is 3.81. The second kappa shape index (κ2) is 5.14. The number of hydrogen-bond acceptors (Lipinski definition) is 4. The van der Waals surface area contributed by atoms with Crippen LogP contribution in [0.2, 0.25) is 0 Å². The van der Waals surface area contributed by atoms with E-state index in [2.05, 4.69) is 32.6 Å². The standard InChI is InChI=1S/C13H19N5O/c1-8-9(2)16-18-12(8)7-14-10-4-6-19-13(10)11-3-5-15-17-11/h3,5,10,13-14H,4,6-7H2,1-2H3,(H,15,17)(H,16,18)/t10-,13-/m1/s1. The van der Waals surface area contributed by atoms with Gasteiger partial charge in [0.05, 0.1) is 11.4 Å². The van der Waals surface area contributed by atoms with Gasteiger partial charge in [0.2, 0.25) is 0 Å². The smallest absolute Gasteiger partial charge is 0.114 e. The zero-order valence-corrected chi connectivity index (χ0v) is 11.2. The first-order chi connectivity index (χ1) is 9.25. The van der Waals surface area contributed by atoms with Crippen molar-refractivity contribution in [3.63, 3.8) is 0 Å². The Hall–Kier alpha value is -1.66. The highest BCUT2D eigenvalue weighted by atomic mass is 16.5. The Morgan fingerprint density at radius 1 is 1.42 bits per heavy atom. The lowest BCUT2D eigenvalue weighted by Crippen LogP contribution is -2.31. The summed E-state index contributed by atoms with van der Waals surface area (Å²) >= 11 is 0. The van der Waals surface area contributed by atoms with Crippen molar-refractivity contribution in [3.8, 4) is 0 Å². The van der Waals surface area contributed by atoms with E-state index in [1.807, 2.05) is 13.0 Å². The van der Waals surface area contributed by atoms with Gasteiger partial charge in [-0.15, -0.1) is 0 Å². The van der Waals surface area contributed by atoms with Gasteiger partial charge in [-0.2, -0.15) is 10.2 Å². The molecule has 1 aliphatic rings. The van der Waals surface area contributed by atoms with E-state index in [1.165, 1.54) is 5.56 Å². The van der Waals surface area contributed by atoms with Crippen LogP contribution in [0.15, 0.2) is 12.3 Å². The first-order valence-electron chi connectivity index (χ1n) is 6.60. The minimum Gasteiger partial charge on any atom is -0.370 e. The van der Waals surface area contributed by atoms with Gasteiger partial charge in [-0.3, -0.25) is 10.2 Å². The zero-order valence-electron chi connectivity index (χ0n) is 11.2. The number of nitrogens with zero attached hydrogens (tertiary/aromatic N) is 2. The summed E-state index contributed by atoms with van der Waals surface area (Å²) in [4.78, 5) is 0. The van der Waals surface area contributed by atoms with Crippen LogP contribution in [0.25, 0.3) is 0 Å². The summed E-state index contributed by atoms with van der Waals surface area (Å²) in [5.41, 5.74) is 4.46. The minimum absolute atomic E-state index is 0.0582. The molecule has 102 valence electrons. The fourth-order valence-corrected chi connectivity index (χ4v) is 2.47. The van der Waals surface area contributed by atoms with Gasteiger partial charge in [-0.05, 0) is 31.9 Å². The van der Waals surface area contributed by atoms with Crippen LogP contribution < -0.4 is 5.32 Å². The molecule has 3 heterocycles. The maximum absolute atomic E-state index is 5.77. The molecular formula is C13H19N5O. The van der Waals surface area contributed by atoms with Crippen molar-refractivity contribution in [2.75, 3.05) is 6.61 Å². The molecule has 6 heteroatoms. The molecule has 1 saturated heterocycles. The predicted molar refractivity (Wildman–Crippen MR) is 70.6 cm³/mol. The van der Waals surface area contributed by atoms with Crippen LogP contribution in [0.5, 0.6) is 0 Å². The van der Waals surface area contributed by atoms with Gasteiger partial charge >= 0.3 is 0 Å². The van der Waals surface area contributed by atoms with E-state index in [9.17, 15) is 0 Å². The molecule has 0 bridgehead atoms. The molecule has 0 spiro atoms. The first kappa shape index (κ1) is 12.4. The molecule has 19 heavy (non-hydrogen) atoms. The molecule has 3 N–H and O–H groups in total. The monoisotopic (exact) mass is 261 g/mol. The average molecular weight is 261 g/mol. The Balaban J connectivity index is 1.65. The molecule has 0 amide bonds. The molecule has 1 fully saturated rings. The maximum Gasteiger partial charge on any atom is 0.114 e. The number of rotatable bonds is 4. The third kappa shape index (κ3) is 2.41. The van der Waals surface area contributed by atoms with Crippen LogP contribution in [0.4, 0.5) is 0 Å². The summed E-state index contributed by atoms with van der Waals surface area (Å²) in [5.74, 6) is 0. The highest BCUT2D eigenvalue weighted by Crippen LogP contribution is 2.27. The number of aromatic amines is 2. The van der Waals surface area contributed by atoms with Crippen molar-refractivity contribution in [2.24, 2.45) is 0 Å². The Bertz CT molecular complexity index is 533. The first-order valence-corrected chi connectivity index (χ1v) is 6.60. The number of H-pyrrole nitrogens is 2. The van der Waals surface area contributed by atoms with Gasteiger partial charge in [0.1, 0.15) is 6.10 Å². The Labute approximate surface area is 111 Å². The minimum atomic E-state index is 0.0582. The number of aromatic nitrogens is 4. The van der Waals surface area contributed by atoms with Crippen molar-refractivity contribution in [3.05, 3.63) is 34.9 Å². The van der Waals surface area contributed by atoms with Crippen molar-refractivity contribution in [2.45, 2.75) is 39.0 Å².